The number of hydrogen-bond acceptors (Lipinski definition) is 5. The maximum absolute atomic E-state index is 13.3. The van der Waals surface area contributed by atoms with Crippen LogP contribution in [0.4, 0.5) is 5.82 Å². The number of methoxy groups -OCH3 is 1. The number of nitrogens with zero attached hydrogens (tertiary/aromatic N) is 3. The van der Waals surface area contributed by atoms with Crippen LogP contribution in [-0.4, -0.2) is 39.5 Å². The first-order valence-corrected chi connectivity index (χ1v) is 11.5. The minimum Gasteiger partial charge on any atom is -0.497 e. The summed E-state index contributed by atoms with van der Waals surface area (Å²) in [5, 5.41) is 7.31. The monoisotopic (exact) mass is 480 g/mol. The van der Waals surface area contributed by atoms with Crippen LogP contribution in [0.5, 0.6) is 5.75 Å². The van der Waals surface area contributed by atoms with Gasteiger partial charge in [0.2, 0.25) is 5.91 Å². The first kappa shape index (κ1) is 23.0. The largest absolute Gasteiger partial charge is 0.497 e. The summed E-state index contributed by atoms with van der Waals surface area (Å²) in [5.74, 6) is 0.188. The zero-order valence-electron chi connectivity index (χ0n) is 19.7. The van der Waals surface area contributed by atoms with Crippen molar-refractivity contribution in [3.05, 3.63) is 113 Å². The molecule has 5 rings (SSSR count). The van der Waals surface area contributed by atoms with Gasteiger partial charge in [-0.25, -0.2) is 0 Å². The van der Waals surface area contributed by atoms with Gasteiger partial charge in [0.15, 0.2) is 5.82 Å². The van der Waals surface area contributed by atoms with E-state index in [1.165, 1.54) is 4.68 Å². The Morgan fingerprint density at radius 2 is 1.47 bits per heavy atom. The molecule has 0 fully saturated rings. The van der Waals surface area contributed by atoms with Crippen LogP contribution in [-0.2, 0) is 24.3 Å². The third kappa shape index (κ3) is 4.61. The van der Waals surface area contributed by atoms with Crippen LogP contribution in [0.15, 0.2) is 84.9 Å². The van der Waals surface area contributed by atoms with Crippen molar-refractivity contribution in [2.45, 2.75) is 19.5 Å². The Bertz CT molecular complexity index is 1410. The van der Waals surface area contributed by atoms with Crippen LogP contribution in [0.25, 0.3) is 0 Å². The van der Waals surface area contributed by atoms with E-state index in [9.17, 15) is 14.4 Å². The van der Waals surface area contributed by atoms with E-state index in [2.05, 4.69) is 10.4 Å². The van der Waals surface area contributed by atoms with E-state index in [0.717, 1.165) is 5.56 Å². The van der Waals surface area contributed by atoms with Crippen LogP contribution in [0.3, 0.4) is 0 Å². The Labute approximate surface area is 208 Å². The highest BCUT2D eigenvalue weighted by atomic mass is 16.5. The van der Waals surface area contributed by atoms with Crippen molar-refractivity contribution in [2.75, 3.05) is 12.4 Å². The summed E-state index contributed by atoms with van der Waals surface area (Å²) in [6.45, 7) is 0.420. The number of nitrogens with one attached hydrogen (secondary N) is 1. The first-order valence-electron chi connectivity index (χ1n) is 11.5. The van der Waals surface area contributed by atoms with E-state index >= 15 is 0 Å². The van der Waals surface area contributed by atoms with Crippen LogP contribution >= 0.6 is 0 Å². The summed E-state index contributed by atoms with van der Waals surface area (Å²) in [7, 11) is 1.57. The van der Waals surface area contributed by atoms with E-state index in [0.29, 0.717) is 34.0 Å². The zero-order chi connectivity index (χ0) is 25.1. The highest BCUT2D eigenvalue weighted by Gasteiger charge is 2.33. The summed E-state index contributed by atoms with van der Waals surface area (Å²) in [5.41, 5.74) is 3.07. The lowest BCUT2D eigenvalue weighted by Gasteiger charge is -2.17. The Hall–Kier alpha value is -4.72. The fourth-order valence-corrected chi connectivity index (χ4v) is 4.23. The van der Waals surface area contributed by atoms with Crippen molar-refractivity contribution < 1.29 is 19.1 Å². The quantitative estimate of drug-likeness (QED) is 0.452. The molecule has 1 aromatic heterocycles. The van der Waals surface area contributed by atoms with Gasteiger partial charge >= 0.3 is 0 Å². The minimum absolute atomic E-state index is 0.170. The number of rotatable bonds is 6. The third-order valence-corrected chi connectivity index (χ3v) is 6.08. The van der Waals surface area contributed by atoms with Gasteiger partial charge in [0.25, 0.3) is 11.8 Å². The second kappa shape index (κ2) is 9.87. The van der Waals surface area contributed by atoms with Gasteiger partial charge in [0.1, 0.15) is 5.75 Å². The van der Waals surface area contributed by atoms with Crippen molar-refractivity contribution in [2.24, 2.45) is 0 Å². The minimum atomic E-state index is -0.325. The predicted octanol–water partition coefficient (Wildman–Crippen LogP) is 3.92. The van der Waals surface area contributed by atoms with Crippen molar-refractivity contribution in [3.8, 4) is 5.75 Å². The molecule has 8 nitrogen and oxygen atoms in total. The second-order valence-corrected chi connectivity index (χ2v) is 8.46. The third-order valence-electron chi connectivity index (χ3n) is 6.08. The Balaban J connectivity index is 1.43. The van der Waals surface area contributed by atoms with Gasteiger partial charge in [-0.3, -0.25) is 14.4 Å². The Morgan fingerprint density at radius 1 is 0.833 bits per heavy atom. The lowest BCUT2D eigenvalue weighted by molar-refractivity contribution is -0.115. The standard InChI is InChI=1S/C28H24N4O4/c1-36-22-14-12-21(13-15-22)27(34)31-17-23-24(18-31)32(28(35)20-10-6-3-7-11-20)30-26(23)29-25(33)16-19-8-4-2-5-9-19/h2-15H,16-18H2,1H3,(H,29,30,33). The molecule has 2 amide bonds. The molecule has 1 aliphatic heterocycles. The number of anilines is 1. The van der Waals surface area contributed by atoms with Gasteiger partial charge in [-0.15, -0.1) is 5.10 Å². The van der Waals surface area contributed by atoms with Gasteiger partial charge in [0.05, 0.1) is 32.3 Å². The molecule has 180 valence electrons. The molecule has 0 atom stereocenters. The van der Waals surface area contributed by atoms with Crippen LogP contribution < -0.4 is 10.1 Å². The number of aromatic nitrogens is 2. The van der Waals surface area contributed by atoms with E-state index < -0.39 is 0 Å². The van der Waals surface area contributed by atoms with Gasteiger partial charge in [-0.2, -0.15) is 4.68 Å². The predicted molar refractivity (Wildman–Crippen MR) is 134 cm³/mol. The number of benzene rings is 3. The van der Waals surface area contributed by atoms with Gasteiger partial charge in [0, 0.05) is 16.7 Å². The SMILES string of the molecule is COc1ccc(C(=O)N2Cc3c(NC(=O)Cc4ccccc4)nn(C(=O)c4ccccc4)c3C2)cc1. The van der Waals surface area contributed by atoms with E-state index in [1.807, 2.05) is 36.4 Å². The van der Waals surface area contributed by atoms with Gasteiger partial charge in [-0.1, -0.05) is 48.5 Å². The number of amides is 2. The molecule has 4 aromatic rings. The van der Waals surface area contributed by atoms with Gasteiger partial charge < -0.3 is 15.0 Å². The highest BCUT2D eigenvalue weighted by molar-refractivity contribution is 5.99. The molecule has 0 bridgehead atoms. The van der Waals surface area contributed by atoms with Crippen molar-refractivity contribution in [3.63, 3.8) is 0 Å². The molecule has 0 saturated carbocycles. The second-order valence-electron chi connectivity index (χ2n) is 8.46. The van der Waals surface area contributed by atoms with Crippen LogP contribution in [0.1, 0.15) is 37.5 Å². The summed E-state index contributed by atoms with van der Waals surface area (Å²) >= 11 is 0. The number of hydrogen-bond donors (Lipinski definition) is 1. The Morgan fingerprint density at radius 3 is 2.14 bits per heavy atom. The maximum atomic E-state index is 13.3. The lowest BCUT2D eigenvalue weighted by atomic mass is 10.1. The van der Waals surface area contributed by atoms with Crippen LogP contribution in [0.2, 0.25) is 0 Å². The van der Waals surface area contributed by atoms with E-state index in [1.54, 1.807) is 60.5 Å². The molecule has 0 spiro atoms. The fourth-order valence-electron chi connectivity index (χ4n) is 4.23. The number of carbonyl (C=O) groups is 3. The molecule has 8 heteroatoms. The fraction of sp³-hybridized carbons (Fsp3) is 0.143. The number of fused-ring (bicyclic) bond motifs is 1. The highest BCUT2D eigenvalue weighted by Crippen LogP contribution is 2.31. The van der Waals surface area contributed by atoms with E-state index in [4.69, 9.17) is 4.74 Å². The molecule has 2 heterocycles. The lowest BCUT2D eigenvalue weighted by Crippen LogP contribution is -2.27. The van der Waals surface area contributed by atoms with Crippen molar-refractivity contribution >= 4 is 23.5 Å². The molecule has 1 N–H and O–H groups in total. The van der Waals surface area contributed by atoms with Crippen LogP contribution in [0, 0.1) is 0 Å². The molecular formula is C28H24N4O4. The molecule has 0 radical (unpaired) electrons. The average molecular weight is 481 g/mol. The molecule has 0 aliphatic carbocycles. The summed E-state index contributed by atoms with van der Waals surface area (Å²) in [6, 6.07) is 25.0. The Kier molecular flexibility index (Phi) is 6.32. The molecule has 0 saturated heterocycles. The zero-order valence-corrected chi connectivity index (χ0v) is 19.7. The summed E-state index contributed by atoms with van der Waals surface area (Å²) in [4.78, 5) is 40.9. The molecule has 0 unspecified atom stereocenters. The van der Waals surface area contributed by atoms with Crippen molar-refractivity contribution in [1.29, 1.82) is 0 Å². The number of ether oxygens (including phenoxy) is 1. The van der Waals surface area contributed by atoms with Crippen molar-refractivity contribution in [1.82, 2.24) is 14.7 Å². The average Bonchev–Trinajstić information content (AvgIpc) is 3.49. The van der Waals surface area contributed by atoms with Gasteiger partial charge in [-0.05, 0) is 42.0 Å². The smallest absolute Gasteiger partial charge is 0.278 e. The molecular weight excluding hydrogens is 456 g/mol. The molecule has 36 heavy (non-hydrogen) atoms. The van der Waals surface area contributed by atoms with E-state index in [-0.39, 0.29) is 37.2 Å². The summed E-state index contributed by atoms with van der Waals surface area (Å²) < 4.78 is 6.47. The first-order chi connectivity index (χ1) is 17.5. The topological polar surface area (TPSA) is 93.5 Å². The maximum Gasteiger partial charge on any atom is 0.278 e. The summed E-state index contributed by atoms with van der Waals surface area (Å²) in [6.07, 6.45) is 0.170. The normalized spacial score (nSPS) is 12.2. The number of carbonyl (C=O) groups excluding carboxylic acids is 3. The molecule has 3 aromatic carbocycles. The molecule has 1 aliphatic rings.